The number of hydrogen-bond acceptors (Lipinski definition) is 5. The first-order valence-corrected chi connectivity index (χ1v) is 8.83. The number of ether oxygens (including phenoxy) is 2. The third kappa shape index (κ3) is 5.94. The van der Waals surface area contributed by atoms with Crippen LogP contribution in [0.25, 0.3) is 0 Å². The topological polar surface area (TPSA) is 99.7 Å². The standard InChI is InChI=1S/C18H22F2N2O5.K/c19-11-1-2-13(14(20)9-11)15(16(23)24)22-17(25)21-12-3-6-27-18(10-12)4-7-26-8-5-18;/h1-2,9,12,15H,3-8,10H2,(H,23,24)(H2,21,22,25);/q;+1/p-1. The van der Waals surface area contributed by atoms with Gasteiger partial charge in [-0.05, 0) is 31.7 Å². The second kappa shape index (κ2) is 10.4. The third-order valence-electron chi connectivity index (χ3n) is 5.02. The first-order valence-electron chi connectivity index (χ1n) is 8.83. The van der Waals surface area contributed by atoms with Crippen molar-refractivity contribution in [2.24, 2.45) is 0 Å². The summed E-state index contributed by atoms with van der Waals surface area (Å²) < 4.78 is 38.2. The van der Waals surface area contributed by atoms with E-state index in [1.54, 1.807) is 0 Å². The van der Waals surface area contributed by atoms with Crippen molar-refractivity contribution in [3.05, 3.63) is 35.4 Å². The Labute approximate surface area is 203 Å². The molecule has 2 aliphatic rings. The number of halogens is 2. The molecule has 1 spiro atoms. The number of amides is 2. The van der Waals surface area contributed by atoms with Crippen LogP contribution in [0.1, 0.15) is 37.3 Å². The fourth-order valence-electron chi connectivity index (χ4n) is 3.60. The fourth-order valence-corrected chi connectivity index (χ4v) is 3.60. The summed E-state index contributed by atoms with van der Waals surface area (Å²) in [6.45, 7) is 1.66. The number of benzene rings is 1. The Morgan fingerprint density at radius 1 is 1.21 bits per heavy atom. The maximum absolute atomic E-state index is 13.9. The zero-order valence-corrected chi connectivity index (χ0v) is 18.8. The molecule has 3 rings (SSSR count). The number of carboxylic acids is 1. The quantitative estimate of drug-likeness (QED) is 0.536. The molecule has 0 aromatic heterocycles. The Morgan fingerprint density at radius 3 is 2.57 bits per heavy atom. The molecule has 0 aliphatic carbocycles. The Balaban J connectivity index is 0.00000280. The van der Waals surface area contributed by atoms with E-state index in [1.807, 2.05) is 0 Å². The molecule has 0 radical (unpaired) electrons. The minimum atomic E-state index is -1.73. The van der Waals surface area contributed by atoms with Crippen LogP contribution in [-0.4, -0.2) is 43.5 Å². The van der Waals surface area contributed by atoms with Gasteiger partial charge in [0.15, 0.2) is 0 Å². The molecule has 2 saturated heterocycles. The Kier molecular flexibility index (Phi) is 8.80. The summed E-state index contributed by atoms with van der Waals surface area (Å²) in [6, 6.07) is -0.266. The van der Waals surface area contributed by atoms with Crippen molar-refractivity contribution in [1.82, 2.24) is 10.6 Å². The number of aliphatic carboxylic acids is 1. The Hall–Kier alpha value is -0.624. The maximum atomic E-state index is 13.9. The van der Waals surface area contributed by atoms with Crippen LogP contribution in [0.2, 0.25) is 0 Å². The molecule has 10 heteroatoms. The Bertz CT molecular complexity index is 710. The molecule has 0 bridgehead atoms. The number of carbonyl (C=O) groups is 2. The fraction of sp³-hybridized carbons (Fsp3) is 0.556. The van der Waals surface area contributed by atoms with Gasteiger partial charge in [0.25, 0.3) is 0 Å². The van der Waals surface area contributed by atoms with Gasteiger partial charge in [0.1, 0.15) is 11.6 Å². The van der Waals surface area contributed by atoms with Crippen LogP contribution in [0.15, 0.2) is 18.2 Å². The van der Waals surface area contributed by atoms with E-state index in [0.717, 1.165) is 25.0 Å². The van der Waals surface area contributed by atoms with Crippen LogP contribution in [0.4, 0.5) is 13.6 Å². The predicted molar refractivity (Wildman–Crippen MR) is 87.5 cm³/mol. The minimum Gasteiger partial charge on any atom is -0.548 e. The number of carbonyl (C=O) groups excluding carboxylic acids is 2. The first-order chi connectivity index (χ1) is 12.9. The first kappa shape index (κ1) is 23.7. The molecule has 2 unspecified atom stereocenters. The molecule has 2 fully saturated rings. The van der Waals surface area contributed by atoms with Gasteiger partial charge in [-0.25, -0.2) is 13.6 Å². The molecule has 1 aromatic rings. The minimum absolute atomic E-state index is 0. The van der Waals surface area contributed by atoms with Crippen molar-refractivity contribution in [2.75, 3.05) is 19.8 Å². The van der Waals surface area contributed by atoms with Gasteiger partial charge in [-0.3, -0.25) is 0 Å². The van der Waals surface area contributed by atoms with Crippen molar-refractivity contribution in [1.29, 1.82) is 0 Å². The van der Waals surface area contributed by atoms with Crippen molar-refractivity contribution < 1.29 is 84.3 Å². The van der Waals surface area contributed by atoms with Crippen LogP contribution in [-0.2, 0) is 14.3 Å². The number of nitrogens with one attached hydrogen (secondary N) is 2. The van der Waals surface area contributed by atoms with Crippen LogP contribution in [0.5, 0.6) is 0 Å². The van der Waals surface area contributed by atoms with Crippen molar-refractivity contribution >= 4 is 12.0 Å². The maximum Gasteiger partial charge on any atom is 1.00 e. The smallest absolute Gasteiger partial charge is 0.548 e. The monoisotopic (exact) mass is 422 g/mol. The molecule has 1 aromatic carbocycles. The number of rotatable bonds is 4. The van der Waals surface area contributed by atoms with Gasteiger partial charge >= 0.3 is 57.4 Å². The van der Waals surface area contributed by atoms with E-state index >= 15 is 0 Å². The molecular formula is C18H21F2KN2O5. The molecule has 2 amide bonds. The van der Waals surface area contributed by atoms with Crippen molar-refractivity contribution in [2.45, 2.75) is 43.4 Å². The molecule has 148 valence electrons. The summed E-state index contributed by atoms with van der Waals surface area (Å²) in [5, 5.41) is 16.3. The van der Waals surface area contributed by atoms with Gasteiger partial charge in [0.2, 0.25) is 0 Å². The molecule has 2 N–H and O–H groups in total. The summed E-state index contributed by atoms with van der Waals surface area (Å²) in [5.41, 5.74) is -0.718. The molecule has 2 aliphatic heterocycles. The third-order valence-corrected chi connectivity index (χ3v) is 5.02. The SMILES string of the molecule is O=C(NC1CCOC2(CCOCC2)C1)NC(C(=O)[O-])c1ccc(F)cc1F.[K+]. The van der Waals surface area contributed by atoms with E-state index in [4.69, 9.17) is 9.47 Å². The van der Waals surface area contributed by atoms with Crippen LogP contribution < -0.4 is 67.1 Å². The number of carboxylic acid groups (broad SMARTS) is 1. The molecule has 7 nitrogen and oxygen atoms in total. The number of hydrogen-bond donors (Lipinski definition) is 2. The largest absolute Gasteiger partial charge is 1.00 e. The molecule has 28 heavy (non-hydrogen) atoms. The summed E-state index contributed by atoms with van der Waals surface area (Å²) in [6.07, 6.45) is 2.63. The zero-order valence-electron chi connectivity index (χ0n) is 15.6. The van der Waals surface area contributed by atoms with E-state index in [-0.39, 0.29) is 68.6 Å². The van der Waals surface area contributed by atoms with E-state index in [9.17, 15) is 23.5 Å². The van der Waals surface area contributed by atoms with Crippen LogP contribution in [0.3, 0.4) is 0 Å². The van der Waals surface area contributed by atoms with Gasteiger partial charge in [0, 0.05) is 37.5 Å². The molecule has 2 atom stereocenters. The van der Waals surface area contributed by atoms with E-state index in [1.165, 1.54) is 0 Å². The summed E-state index contributed by atoms with van der Waals surface area (Å²) in [5.74, 6) is -3.61. The van der Waals surface area contributed by atoms with Gasteiger partial charge in [-0.2, -0.15) is 0 Å². The van der Waals surface area contributed by atoms with Gasteiger partial charge in [-0.15, -0.1) is 0 Å². The second-order valence-corrected chi connectivity index (χ2v) is 6.87. The molecule has 0 saturated carbocycles. The van der Waals surface area contributed by atoms with Crippen LogP contribution in [0, 0.1) is 11.6 Å². The van der Waals surface area contributed by atoms with Gasteiger partial charge in [0.05, 0.1) is 17.6 Å². The van der Waals surface area contributed by atoms with E-state index in [2.05, 4.69) is 10.6 Å². The van der Waals surface area contributed by atoms with Gasteiger partial charge in [-0.1, -0.05) is 6.07 Å². The molecule has 2 heterocycles. The summed E-state index contributed by atoms with van der Waals surface area (Å²) >= 11 is 0. The molecular weight excluding hydrogens is 401 g/mol. The van der Waals surface area contributed by atoms with Crippen LogP contribution >= 0.6 is 0 Å². The van der Waals surface area contributed by atoms with E-state index in [0.29, 0.717) is 38.7 Å². The normalized spacial score (nSPS) is 22.0. The Morgan fingerprint density at radius 2 is 1.93 bits per heavy atom. The second-order valence-electron chi connectivity index (χ2n) is 6.87. The number of urea groups is 1. The summed E-state index contributed by atoms with van der Waals surface area (Å²) in [4.78, 5) is 23.6. The average Bonchev–Trinajstić information content (AvgIpc) is 2.61. The van der Waals surface area contributed by atoms with Crippen molar-refractivity contribution in [3.8, 4) is 0 Å². The van der Waals surface area contributed by atoms with E-state index < -0.39 is 29.7 Å². The average molecular weight is 422 g/mol. The predicted octanol–water partition coefficient (Wildman–Crippen LogP) is -2.21. The summed E-state index contributed by atoms with van der Waals surface area (Å²) in [7, 11) is 0. The van der Waals surface area contributed by atoms with Gasteiger partial charge < -0.3 is 30.0 Å². The zero-order chi connectivity index (χ0) is 19.4. The van der Waals surface area contributed by atoms with Crippen molar-refractivity contribution in [3.63, 3.8) is 0 Å².